The second kappa shape index (κ2) is 4.19. The smallest absolute Gasteiger partial charge is 0.137 e. The summed E-state index contributed by atoms with van der Waals surface area (Å²) in [5.74, 6) is 0. The van der Waals surface area contributed by atoms with E-state index >= 15 is 0 Å². The number of aromatic nitrogens is 4. The number of hydrogen-bond donors (Lipinski definition) is 0. The standard InChI is InChI=1S/C11H9BrN4S/c1-7-14-15-11(17-7)5-16-6-13-9-3-2-8(12)4-10(9)16/h2-4,6H,5H2,1H3. The normalized spacial score (nSPS) is 11.2. The van der Waals surface area contributed by atoms with Crippen molar-refractivity contribution in [3.8, 4) is 0 Å². The lowest BCUT2D eigenvalue weighted by Gasteiger charge is -2.00. The number of benzene rings is 1. The van der Waals surface area contributed by atoms with Gasteiger partial charge >= 0.3 is 0 Å². The molecule has 4 nitrogen and oxygen atoms in total. The third-order valence-electron chi connectivity index (χ3n) is 2.46. The number of rotatable bonds is 2. The minimum absolute atomic E-state index is 0.721. The summed E-state index contributed by atoms with van der Waals surface area (Å²) >= 11 is 5.09. The molecule has 0 atom stereocenters. The summed E-state index contributed by atoms with van der Waals surface area (Å²) in [6, 6.07) is 6.06. The van der Waals surface area contributed by atoms with Crippen LogP contribution >= 0.6 is 27.3 Å². The summed E-state index contributed by atoms with van der Waals surface area (Å²) in [7, 11) is 0. The highest BCUT2D eigenvalue weighted by molar-refractivity contribution is 9.10. The first-order valence-electron chi connectivity index (χ1n) is 5.12. The van der Waals surface area contributed by atoms with Crippen molar-refractivity contribution in [2.75, 3.05) is 0 Å². The van der Waals surface area contributed by atoms with E-state index in [1.54, 1.807) is 11.3 Å². The maximum Gasteiger partial charge on any atom is 0.137 e. The largest absolute Gasteiger partial charge is 0.324 e. The van der Waals surface area contributed by atoms with Crippen molar-refractivity contribution in [3.05, 3.63) is 39.0 Å². The van der Waals surface area contributed by atoms with E-state index < -0.39 is 0 Å². The SMILES string of the molecule is Cc1nnc(Cn2cnc3ccc(Br)cc32)s1. The highest BCUT2D eigenvalue weighted by Crippen LogP contribution is 2.20. The molecule has 0 aliphatic carbocycles. The van der Waals surface area contributed by atoms with E-state index in [-0.39, 0.29) is 0 Å². The van der Waals surface area contributed by atoms with Gasteiger partial charge in [0.1, 0.15) is 10.0 Å². The van der Waals surface area contributed by atoms with Gasteiger partial charge < -0.3 is 4.57 Å². The van der Waals surface area contributed by atoms with Gasteiger partial charge in [0.25, 0.3) is 0 Å². The molecule has 0 bridgehead atoms. The van der Waals surface area contributed by atoms with Crippen LogP contribution in [0.3, 0.4) is 0 Å². The van der Waals surface area contributed by atoms with Gasteiger partial charge in [-0.05, 0) is 25.1 Å². The Hall–Kier alpha value is -1.27. The van der Waals surface area contributed by atoms with Crippen molar-refractivity contribution in [2.24, 2.45) is 0 Å². The van der Waals surface area contributed by atoms with Gasteiger partial charge in [-0.3, -0.25) is 0 Å². The molecule has 0 spiro atoms. The Kier molecular flexibility index (Phi) is 2.68. The summed E-state index contributed by atoms with van der Waals surface area (Å²) < 4.78 is 3.14. The van der Waals surface area contributed by atoms with Crippen LogP contribution in [0.5, 0.6) is 0 Å². The minimum Gasteiger partial charge on any atom is -0.324 e. The molecule has 86 valence electrons. The van der Waals surface area contributed by atoms with Crippen LogP contribution in [-0.4, -0.2) is 19.7 Å². The average molecular weight is 309 g/mol. The summed E-state index contributed by atoms with van der Waals surface area (Å²) in [6.45, 7) is 2.68. The van der Waals surface area contributed by atoms with Crippen molar-refractivity contribution in [3.63, 3.8) is 0 Å². The van der Waals surface area contributed by atoms with Crippen molar-refractivity contribution < 1.29 is 0 Å². The summed E-state index contributed by atoms with van der Waals surface area (Å²) in [5.41, 5.74) is 2.10. The summed E-state index contributed by atoms with van der Waals surface area (Å²) in [5, 5.41) is 10.1. The molecule has 1 aromatic carbocycles. The topological polar surface area (TPSA) is 43.6 Å². The Balaban J connectivity index is 2.03. The molecule has 0 N–H and O–H groups in total. The van der Waals surface area contributed by atoms with Gasteiger partial charge in [-0.15, -0.1) is 10.2 Å². The zero-order valence-electron chi connectivity index (χ0n) is 9.09. The monoisotopic (exact) mass is 308 g/mol. The fourth-order valence-electron chi connectivity index (χ4n) is 1.70. The Morgan fingerprint density at radius 2 is 2.24 bits per heavy atom. The van der Waals surface area contributed by atoms with Gasteiger partial charge in [-0.2, -0.15) is 0 Å². The third kappa shape index (κ3) is 2.10. The molecule has 3 aromatic rings. The molecule has 0 aliphatic heterocycles. The number of imidazole rings is 1. The molecular formula is C11H9BrN4S. The number of hydrogen-bond acceptors (Lipinski definition) is 4. The summed E-state index contributed by atoms with van der Waals surface area (Å²) in [4.78, 5) is 4.36. The molecule has 3 rings (SSSR count). The first kappa shape index (κ1) is 10.9. The van der Waals surface area contributed by atoms with Crippen molar-refractivity contribution in [2.45, 2.75) is 13.5 Å². The van der Waals surface area contributed by atoms with Crippen molar-refractivity contribution in [1.82, 2.24) is 19.7 Å². The van der Waals surface area contributed by atoms with Crippen LogP contribution in [0.1, 0.15) is 10.0 Å². The molecule has 6 heteroatoms. The van der Waals surface area contributed by atoms with Crippen LogP contribution < -0.4 is 0 Å². The highest BCUT2D eigenvalue weighted by Gasteiger charge is 2.06. The fourth-order valence-corrected chi connectivity index (χ4v) is 2.76. The van der Waals surface area contributed by atoms with Crippen molar-refractivity contribution >= 4 is 38.3 Å². The van der Waals surface area contributed by atoms with E-state index in [1.807, 2.05) is 25.4 Å². The molecule has 2 heterocycles. The number of aryl methyl sites for hydroxylation is 1. The van der Waals surface area contributed by atoms with Gasteiger partial charge in [0.05, 0.1) is 23.9 Å². The maximum absolute atomic E-state index is 4.36. The number of nitrogens with zero attached hydrogens (tertiary/aromatic N) is 4. The molecule has 17 heavy (non-hydrogen) atoms. The van der Waals surface area contributed by atoms with Crippen LogP contribution in [0.15, 0.2) is 29.0 Å². The van der Waals surface area contributed by atoms with E-state index in [9.17, 15) is 0 Å². The Bertz CT molecular complexity index is 673. The lowest BCUT2D eigenvalue weighted by Crippen LogP contribution is -1.97. The lowest BCUT2D eigenvalue weighted by molar-refractivity contribution is 0.798. The first-order valence-corrected chi connectivity index (χ1v) is 6.73. The fraction of sp³-hybridized carbons (Fsp3) is 0.182. The molecular weight excluding hydrogens is 300 g/mol. The average Bonchev–Trinajstić information content (AvgIpc) is 2.87. The molecule has 0 aliphatic rings. The second-order valence-corrected chi connectivity index (χ2v) is 5.90. The highest BCUT2D eigenvalue weighted by atomic mass is 79.9. The predicted octanol–water partition coefficient (Wildman–Crippen LogP) is 3.01. The first-order chi connectivity index (χ1) is 8.22. The second-order valence-electron chi connectivity index (χ2n) is 3.72. The Morgan fingerprint density at radius 3 is 3.00 bits per heavy atom. The lowest BCUT2D eigenvalue weighted by atomic mass is 10.3. The van der Waals surface area contributed by atoms with Gasteiger partial charge in [0.2, 0.25) is 0 Å². The molecule has 0 unspecified atom stereocenters. The Labute approximate surface area is 110 Å². The summed E-state index contributed by atoms with van der Waals surface area (Å²) in [6.07, 6.45) is 1.84. The minimum atomic E-state index is 0.721. The molecule has 0 saturated heterocycles. The zero-order valence-corrected chi connectivity index (χ0v) is 11.5. The van der Waals surface area contributed by atoms with Gasteiger partial charge in [-0.1, -0.05) is 27.3 Å². The van der Waals surface area contributed by atoms with E-state index in [0.29, 0.717) is 0 Å². The Morgan fingerprint density at radius 1 is 1.35 bits per heavy atom. The predicted molar refractivity (Wildman–Crippen MR) is 71.2 cm³/mol. The van der Waals surface area contributed by atoms with Crippen LogP contribution in [0.4, 0.5) is 0 Å². The molecule has 2 aromatic heterocycles. The number of halogens is 1. The van der Waals surface area contributed by atoms with Crippen LogP contribution in [-0.2, 0) is 6.54 Å². The van der Waals surface area contributed by atoms with E-state index in [1.165, 1.54) is 0 Å². The van der Waals surface area contributed by atoms with E-state index in [0.717, 1.165) is 32.1 Å². The zero-order chi connectivity index (χ0) is 11.8. The number of fused-ring (bicyclic) bond motifs is 1. The van der Waals surface area contributed by atoms with Crippen molar-refractivity contribution in [1.29, 1.82) is 0 Å². The van der Waals surface area contributed by atoms with Crippen LogP contribution in [0, 0.1) is 6.92 Å². The van der Waals surface area contributed by atoms with E-state index in [2.05, 4.69) is 41.7 Å². The molecule has 0 fully saturated rings. The molecule has 0 saturated carbocycles. The quantitative estimate of drug-likeness (QED) is 0.731. The van der Waals surface area contributed by atoms with Gasteiger partial charge in [-0.25, -0.2) is 4.98 Å². The molecule has 0 amide bonds. The third-order valence-corrected chi connectivity index (χ3v) is 3.77. The molecule has 0 radical (unpaired) electrons. The van der Waals surface area contributed by atoms with Gasteiger partial charge in [0, 0.05) is 4.47 Å². The maximum atomic E-state index is 4.36. The van der Waals surface area contributed by atoms with Crippen LogP contribution in [0.2, 0.25) is 0 Å². The van der Waals surface area contributed by atoms with Gasteiger partial charge in [0.15, 0.2) is 0 Å². The van der Waals surface area contributed by atoms with E-state index in [4.69, 9.17) is 0 Å². The van der Waals surface area contributed by atoms with Crippen LogP contribution in [0.25, 0.3) is 11.0 Å².